The molecule has 4 aliphatic rings. The Morgan fingerprint density at radius 1 is 1.07 bits per heavy atom. The lowest BCUT2D eigenvalue weighted by atomic mass is 9.47. The van der Waals surface area contributed by atoms with E-state index in [1.807, 2.05) is 0 Å². The predicted octanol–water partition coefficient (Wildman–Crippen LogP) is 4.20. The van der Waals surface area contributed by atoms with Crippen LogP contribution in [0.2, 0.25) is 0 Å². The van der Waals surface area contributed by atoms with Crippen LogP contribution in [0.4, 0.5) is 0 Å². The topological polar surface area (TPSA) is 63.6 Å². The summed E-state index contributed by atoms with van der Waals surface area (Å²) in [5.74, 6) is 1.36. The van der Waals surface area contributed by atoms with Crippen molar-refractivity contribution in [3.05, 3.63) is 11.6 Å². The second kappa shape index (κ2) is 6.17. The van der Waals surface area contributed by atoms with Crippen molar-refractivity contribution in [2.45, 2.75) is 90.8 Å². The van der Waals surface area contributed by atoms with Crippen LogP contribution in [0.3, 0.4) is 0 Å². The largest absolute Gasteiger partial charge is 0.462 e. The molecule has 0 amide bonds. The molecule has 4 aliphatic carbocycles. The lowest BCUT2D eigenvalue weighted by Gasteiger charge is -2.58. The molecule has 0 aromatic rings. The number of fused-ring (bicyclic) bond motifs is 5. The first-order chi connectivity index (χ1) is 12.6. The molecule has 1 N–H and O–H groups in total. The Labute approximate surface area is 162 Å². The molecule has 150 valence electrons. The highest BCUT2D eigenvalue weighted by atomic mass is 16.5. The van der Waals surface area contributed by atoms with Crippen molar-refractivity contribution in [2.24, 2.45) is 28.6 Å². The van der Waals surface area contributed by atoms with Crippen LogP contribution in [0.15, 0.2) is 11.6 Å². The lowest BCUT2D eigenvalue weighted by molar-refractivity contribution is -0.160. The number of hydrogen-bond donors (Lipinski definition) is 1. The highest BCUT2D eigenvalue weighted by Crippen LogP contribution is 2.67. The van der Waals surface area contributed by atoms with Crippen molar-refractivity contribution < 1.29 is 19.4 Å². The first-order valence-electron chi connectivity index (χ1n) is 10.7. The second-order valence-electron chi connectivity index (χ2n) is 10.1. The van der Waals surface area contributed by atoms with Crippen molar-refractivity contribution in [3.8, 4) is 0 Å². The number of carbonyl (C=O) groups is 2. The van der Waals surface area contributed by atoms with Gasteiger partial charge in [-0.05, 0) is 75.0 Å². The summed E-state index contributed by atoms with van der Waals surface area (Å²) in [6, 6.07) is 0. The van der Waals surface area contributed by atoms with Crippen LogP contribution >= 0.6 is 0 Å². The van der Waals surface area contributed by atoms with Gasteiger partial charge >= 0.3 is 5.97 Å². The van der Waals surface area contributed by atoms with E-state index in [1.54, 1.807) is 6.92 Å². The van der Waals surface area contributed by atoms with Crippen LogP contribution in [-0.4, -0.2) is 28.6 Å². The fraction of sp³-hybridized carbons (Fsp3) is 0.826. The van der Waals surface area contributed by atoms with Crippen LogP contribution in [-0.2, 0) is 14.3 Å². The monoisotopic (exact) mass is 374 g/mol. The number of aliphatic hydroxyl groups is 1. The van der Waals surface area contributed by atoms with Gasteiger partial charge in [0.25, 0.3) is 0 Å². The van der Waals surface area contributed by atoms with Crippen LogP contribution in [0.1, 0.15) is 79.1 Å². The van der Waals surface area contributed by atoms with Gasteiger partial charge in [0.2, 0.25) is 0 Å². The fourth-order valence-corrected chi connectivity index (χ4v) is 7.56. The van der Waals surface area contributed by atoms with Crippen molar-refractivity contribution in [1.82, 2.24) is 0 Å². The van der Waals surface area contributed by atoms with E-state index >= 15 is 0 Å². The summed E-state index contributed by atoms with van der Waals surface area (Å²) >= 11 is 0. The molecule has 0 heterocycles. The molecule has 0 radical (unpaired) electrons. The summed E-state index contributed by atoms with van der Waals surface area (Å²) in [5.41, 5.74) is 0.235. The minimum absolute atomic E-state index is 0.0292. The zero-order valence-electron chi connectivity index (χ0n) is 17.2. The third-order valence-electron chi connectivity index (χ3n) is 9.13. The highest BCUT2D eigenvalue weighted by Gasteiger charge is 2.65. The van der Waals surface area contributed by atoms with E-state index in [4.69, 9.17) is 4.74 Å². The lowest BCUT2D eigenvalue weighted by Crippen LogP contribution is -2.57. The molecule has 4 heteroatoms. The second-order valence-corrected chi connectivity index (χ2v) is 10.1. The Morgan fingerprint density at radius 2 is 1.78 bits per heavy atom. The van der Waals surface area contributed by atoms with Crippen molar-refractivity contribution >= 4 is 11.8 Å². The van der Waals surface area contributed by atoms with Gasteiger partial charge in [-0.1, -0.05) is 25.5 Å². The number of esters is 1. The van der Waals surface area contributed by atoms with Crippen molar-refractivity contribution in [2.75, 3.05) is 0 Å². The summed E-state index contributed by atoms with van der Waals surface area (Å²) < 4.78 is 5.51. The first kappa shape index (κ1) is 19.2. The minimum atomic E-state index is -1.14. The van der Waals surface area contributed by atoms with Gasteiger partial charge in [0.15, 0.2) is 5.78 Å². The van der Waals surface area contributed by atoms with Crippen LogP contribution in [0, 0.1) is 28.6 Å². The number of carbonyl (C=O) groups excluding carboxylic acids is 2. The molecule has 3 fully saturated rings. The van der Waals surface area contributed by atoms with Gasteiger partial charge < -0.3 is 9.84 Å². The van der Waals surface area contributed by atoms with Gasteiger partial charge in [-0.2, -0.15) is 0 Å². The Kier molecular flexibility index (Phi) is 4.38. The van der Waals surface area contributed by atoms with Crippen LogP contribution < -0.4 is 0 Å². The molecule has 27 heavy (non-hydrogen) atoms. The van der Waals surface area contributed by atoms with E-state index in [-0.39, 0.29) is 28.7 Å². The summed E-state index contributed by atoms with van der Waals surface area (Å²) in [5, 5.41) is 11.2. The fourth-order valence-electron chi connectivity index (χ4n) is 7.56. The number of ether oxygens (including phenoxy) is 1. The molecular weight excluding hydrogens is 340 g/mol. The number of rotatable bonds is 2. The zero-order chi connectivity index (χ0) is 19.6. The molecule has 3 saturated carbocycles. The Balaban J connectivity index is 1.61. The van der Waals surface area contributed by atoms with E-state index < -0.39 is 5.60 Å². The van der Waals surface area contributed by atoms with Gasteiger partial charge in [0.1, 0.15) is 11.7 Å². The van der Waals surface area contributed by atoms with E-state index in [9.17, 15) is 14.7 Å². The Morgan fingerprint density at radius 3 is 2.44 bits per heavy atom. The quantitative estimate of drug-likeness (QED) is 0.581. The predicted molar refractivity (Wildman–Crippen MR) is 103 cm³/mol. The maximum absolute atomic E-state index is 12.3. The molecule has 7 atom stereocenters. The Bertz CT molecular complexity index is 696. The van der Waals surface area contributed by atoms with Crippen molar-refractivity contribution in [1.29, 1.82) is 0 Å². The van der Waals surface area contributed by atoms with E-state index in [0.29, 0.717) is 24.2 Å². The summed E-state index contributed by atoms with van der Waals surface area (Å²) in [6.07, 6.45) is 9.96. The summed E-state index contributed by atoms with van der Waals surface area (Å²) in [4.78, 5) is 23.7. The van der Waals surface area contributed by atoms with E-state index in [2.05, 4.69) is 19.9 Å². The molecule has 0 aliphatic heterocycles. The third-order valence-corrected chi connectivity index (χ3v) is 9.13. The highest BCUT2D eigenvalue weighted by molar-refractivity contribution is 5.86. The van der Waals surface area contributed by atoms with E-state index in [1.165, 1.54) is 12.5 Å². The number of allylic oxidation sites excluding steroid dienone is 1. The normalized spacial score (nSPS) is 48.7. The van der Waals surface area contributed by atoms with Crippen LogP contribution in [0.5, 0.6) is 0 Å². The molecule has 4 nitrogen and oxygen atoms in total. The van der Waals surface area contributed by atoms with Gasteiger partial charge in [0, 0.05) is 18.8 Å². The van der Waals surface area contributed by atoms with Crippen LogP contribution in [0.25, 0.3) is 0 Å². The van der Waals surface area contributed by atoms with Gasteiger partial charge in [-0.15, -0.1) is 0 Å². The zero-order valence-corrected chi connectivity index (χ0v) is 17.2. The standard InChI is InChI=1S/C23H34O4/c1-14(24)23(26)12-9-20-18-6-5-16-13-17(27-15(2)25)7-10-21(16,3)19(18)8-11-22(20,23)4/h5,17-20,26H,6-13H2,1-4H3/t17-,18+,19-,20-,21-,22-,23-/m0/s1. The van der Waals surface area contributed by atoms with Gasteiger partial charge in [0.05, 0.1) is 0 Å². The number of hydrogen-bond acceptors (Lipinski definition) is 4. The molecule has 0 saturated heterocycles. The maximum Gasteiger partial charge on any atom is 0.302 e. The van der Waals surface area contributed by atoms with Gasteiger partial charge in [-0.25, -0.2) is 0 Å². The molecule has 0 unspecified atom stereocenters. The van der Waals surface area contributed by atoms with E-state index in [0.717, 1.165) is 44.9 Å². The minimum Gasteiger partial charge on any atom is -0.462 e. The molecule has 0 aromatic heterocycles. The average Bonchev–Trinajstić information content (AvgIpc) is 2.87. The molecule has 4 rings (SSSR count). The van der Waals surface area contributed by atoms with Gasteiger partial charge in [-0.3, -0.25) is 9.59 Å². The molecule has 0 bridgehead atoms. The molecule has 0 aromatic carbocycles. The number of Topliss-reactive ketones (excluding diaryl/α,β-unsaturated/α-hetero) is 1. The SMILES string of the molecule is CC(=O)O[C@H]1CC[C@@]2(C)C(=CC[C@@H]3[C@@H]2CC[C@@]2(C)[C@H]3CC[C@]2(O)C(C)=O)C1. The number of ketones is 1. The maximum atomic E-state index is 12.3. The summed E-state index contributed by atoms with van der Waals surface area (Å²) in [6.45, 7) is 7.64. The molecule has 0 spiro atoms. The average molecular weight is 375 g/mol. The smallest absolute Gasteiger partial charge is 0.302 e. The Hall–Kier alpha value is -1.16. The first-order valence-corrected chi connectivity index (χ1v) is 10.7. The third kappa shape index (κ3) is 2.58. The summed E-state index contributed by atoms with van der Waals surface area (Å²) in [7, 11) is 0. The van der Waals surface area contributed by atoms with Crippen molar-refractivity contribution in [3.63, 3.8) is 0 Å². The molecular formula is C23H34O4.